The van der Waals surface area contributed by atoms with Gasteiger partial charge in [-0.15, -0.1) is 0 Å². The van der Waals surface area contributed by atoms with Gasteiger partial charge in [0.05, 0.1) is 22.4 Å². The molecular formula is C19H20N4O4S. The lowest BCUT2D eigenvalue weighted by Gasteiger charge is -2.21. The monoisotopic (exact) mass is 400 g/mol. The third-order valence-corrected chi connectivity index (χ3v) is 5.74. The Morgan fingerprint density at radius 3 is 2.68 bits per heavy atom. The van der Waals surface area contributed by atoms with Crippen LogP contribution in [0.5, 0.6) is 0 Å². The number of ether oxygens (including phenoxy) is 1. The largest absolute Gasteiger partial charge is 0.463 e. The van der Waals surface area contributed by atoms with Crippen LogP contribution in [-0.2, 0) is 9.53 Å². The smallest absolute Gasteiger partial charge is 0.256 e. The zero-order valence-corrected chi connectivity index (χ0v) is 16.1. The summed E-state index contributed by atoms with van der Waals surface area (Å²) in [6.45, 7) is 2.93. The highest BCUT2D eigenvalue weighted by Crippen LogP contribution is 2.38. The first-order valence-electron chi connectivity index (χ1n) is 9.04. The van der Waals surface area contributed by atoms with Gasteiger partial charge in [0.2, 0.25) is 0 Å². The number of amides is 1. The predicted molar refractivity (Wildman–Crippen MR) is 103 cm³/mol. The molecule has 9 heteroatoms. The van der Waals surface area contributed by atoms with Crippen molar-refractivity contribution in [2.75, 3.05) is 13.2 Å². The van der Waals surface area contributed by atoms with E-state index in [1.807, 2.05) is 0 Å². The van der Waals surface area contributed by atoms with Gasteiger partial charge >= 0.3 is 0 Å². The highest BCUT2D eigenvalue weighted by molar-refractivity contribution is 8.05. The van der Waals surface area contributed by atoms with Gasteiger partial charge in [0.15, 0.2) is 17.0 Å². The minimum atomic E-state index is -0.493. The summed E-state index contributed by atoms with van der Waals surface area (Å²) in [4.78, 5) is 34.3. The average Bonchev–Trinajstić information content (AvgIpc) is 3.38. The molecule has 2 N–H and O–H groups in total. The van der Waals surface area contributed by atoms with E-state index < -0.39 is 5.50 Å². The second kappa shape index (κ2) is 8.15. The standard InChI is InChI=1S/C19H20N4O4S/c1-11-20-9-13(10-21-11)18(25)23-19-22-15(14-3-2-6-27-14)17(28-19)16(24)12-4-7-26-8-5-12/h2-3,6,9-10,12,19,22H,4-5,7-8H2,1H3,(H,23,25). The summed E-state index contributed by atoms with van der Waals surface area (Å²) in [5.41, 5.74) is 0.474. The third-order valence-electron chi connectivity index (χ3n) is 4.63. The molecule has 1 amide bonds. The van der Waals surface area contributed by atoms with E-state index >= 15 is 0 Å². The maximum atomic E-state index is 13.1. The summed E-state index contributed by atoms with van der Waals surface area (Å²) in [7, 11) is 0. The molecule has 0 saturated carbocycles. The number of carbonyl (C=O) groups excluding carboxylic acids is 2. The molecule has 1 saturated heterocycles. The van der Waals surface area contributed by atoms with Gasteiger partial charge in [-0.2, -0.15) is 0 Å². The van der Waals surface area contributed by atoms with Gasteiger partial charge < -0.3 is 19.8 Å². The van der Waals surface area contributed by atoms with Crippen molar-refractivity contribution in [2.45, 2.75) is 25.3 Å². The first-order valence-corrected chi connectivity index (χ1v) is 9.92. The summed E-state index contributed by atoms with van der Waals surface area (Å²) in [6.07, 6.45) is 5.91. The fourth-order valence-electron chi connectivity index (χ4n) is 3.11. The van der Waals surface area contributed by atoms with Crippen molar-refractivity contribution >= 4 is 29.1 Å². The number of Topliss-reactive ketones (excluding diaryl/α,β-unsaturated/α-hetero) is 1. The molecule has 146 valence electrons. The minimum absolute atomic E-state index is 0.0580. The highest BCUT2D eigenvalue weighted by atomic mass is 32.2. The summed E-state index contributed by atoms with van der Waals surface area (Å²) in [5, 5.41) is 6.07. The Balaban J connectivity index is 1.51. The van der Waals surface area contributed by atoms with Crippen molar-refractivity contribution < 1.29 is 18.7 Å². The Hall–Kier alpha value is -2.65. The molecular weight excluding hydrogens is 380 g/mol. The maximum Gasteiger partial charge on any atom is 0.256 e. The van der Waals surface area contributed by atoms with E-state index in [4.69, 9.17) is 9.15 Å². The van der Waals surface area contributed by atoms with Crippen LogP contribution >= 0.6 is 11.8 Å². The number of nitrogens with zero attached hydrogens (tertiary/aromatic N) is 2. The topological polar surface area (TPSA) is 106 Å². The van der Waals surface area contributed by atoms with E-state index in [-0.39, 0.29) is 17.6 Å². The molecule has 2 aromatic rings. The number of carbonyl (C=O) groups is 2. The van der Waals surface area contributed by atoms with Gasteiger partial charge in [0, 0.05) is 31.5 Å². The van der Waals surface area contributed by atoms with Crippen molar-refractivity contribution in [1.82, 2.24) is 20.6 Å². The van der Waals surface area contributed by atoms with Crippen molar-refractivity contribution in [3.63, 3.8) is 0 Å². The molecule has 0 aromatic carbocycles. The minimum Gasteiger partial charge on any atom is -0.463 e. The van der Waals surface area contributed by atoms with Crippen molar-refractivity contribution in [3.8, 4) is 0 Å². The molecule has 0 radical (unpaired) electrons. The van der Waals surface area contributed by atoms with Crippen molar-refractivity contribution in [1.29, 1.82) is 0 Å². The molecule has 4 heterocycles. The Labute approximate surface area is 166 Å². The average molecular weight is 400 g/mol. The van der Waals surface area contributed by atoms with Gasteiger partial charge in [-0.1, -0.05) is 11.8 Å². The number of thioether (sulfide) groups is 1. The Morgan fingerprint density at radius 2 is 2.00 bits per heavy atom. The number of furan rings is 1. The number of rotatable bonds is 5. The second-order valence-corrected chi connectivity index (χ2v) is 7.68. The van der Waals surface area contributed by atoms with E-state index in [0.717, 1.165) is 0 Å². The number of nitrogens with one attached hydrogen (secondary N) is 2. The Bertz CT molecular complexity index is 889. The number of aromatic nitrogens is 2. The zero-order chi connectivity index (χ0) is 19.5. The van der Waals surface area contributed by atoms with Crippen LogP contribution in [0, 0.1) is 12.8 Å². The van der Waals surface area contributed by atoms with Crippen LogP contribution in [0.3, 0.4) is 0 Å². The fraction of sp³-hybridized carbons (Fsp3) is 0.368. The number of hydrogen-bond acceptors (Lipinski definition) is 8. The molecule has 28 heavy (non-hydrogen) atoms. The lowest BCUT2D eigenvalue weighted by molar-refractivity contribution is -0.121. The van der Waals surface area contributed by atoms with E-state index in [1.165, 1.54) is 24.2 Å². The molecule has 1 unspecified atom stereocenters. The van der Waals surface area contributed by atoms with Crippen LogP contribution in [0.1, 0.15) is 34.8 Å². The van der Waals surface area contributed by atoms with Gasteiger partial charge in [0.25, 0.3) is 5.91 Å². The van der Waals surface area contributed by atoms with Crippen LogP contribution in [0.25, 0.3) is 5.70 Å². The van der Waals surface area contributed by atoms with Crippen LogP contribution in [0.2, 0.25) is 0 Å². The van der Waals surface area contributed by atoms with E-state index in [9.17, 15) is 9.59 Å². The van der Waals surface area contributed by atoms with Crippen molar-refractivity contribution in [2.24, 2.45) is 5.92 Å². The predicted octanol–water partition coefficient (Wildman–Crippen LogP) is 2.09. The Morgan fingerprint density at radius 1 is 1.25 bits per heavy atom. The molecule has 0 aliphatic carbocycles. The summed E-state index contributed by atoms with van der Waals surface area (Å²) < 4.78 is 10.9. The Kier molecular flexibility index (Phi) is 5.45. The molecule has 2 aliphatic heterocycles. The summed E-state index contributed by atoms with van der Waals surface area (Å²) >= 11 is 1.29. The summed E-state index contributed by atoms with van der Waals surface area (Å²) in [5.74, 6) is 0.823. The maximum absolute atomic E-state index is 13.1. The van der Waals surface area contributed by atoms with Crippen LogP contribution in [0.15, 0.2) is 40.1 Å². The van der Waals surface area contributed by atoms with Gasteiger partial charge in [-0.3, -0.25) is 9.59 Å². The number of allylic oxidation sites excluding steroid dienone is 1. The number of hydrogen-bond donors (Lipinski definition) is 2. The lowest BCUT2D eigenvalue weighted by Crippen LogP contribution is -2.39. The molecule has 1 atom stereocenters. The van der Waals surface area contributed by atoms with Crippen LogP contribution in [0.4, 0.5) is 0 Å². The lowest BCUT2D eigenvalue weighted by atomic mass is 9.94. The number of aryl methyl sites for hydroxylation is 1. The fourth-order valence-corrected chi connectivity index (χ4v) is 4.25. The normalized spacial score (nSPS) is 20.1. The van der Waals surface area contributed by atoms with Crippen LogP contribution in [-0.4, -0.2) is 40.4 Å². The molecule has 1 fully saturated rings. The first-order chi connectivity index (χ1) is 13.6. The molecule has 2 aromatic heterocycles. The van der Waals surface area contributed by atoms with Gasteiger partial charge in [0.1, 0.15) is 5.82 Å². The van der Waals surface area contributed by atoms with Gasteiger partial charge in [-0.05, 0) is 31.9 Å². The van der Waals surface area contributed by atoms with E-state index in [0.29, 0.717) is 53.8 Å². The number of ketones is 1. The van der Waals surface area contributed by atoms with Crippen LogP contribution < -0.4 is 10.6 Å². The third kappa shape index (κ3) is 3.95. The van der Waals surface area contributed by atoms with E-state index in [1.54, 1.807) is 25.3 Å². The van der Waals surface area contributed by atoms with Gasteiger partial charge in [-0.25, -0.2) is 9.97 Å². The summed E-state index contributed by atoms with van der Waals surface area (Å²) in [6, 6.07) is 3.55. The molecule has 0 spiro atoms. The molecule has 4 rings (SSSR count). The van der Waals surface area contributed by atoms with Crippen molar-refractivity contribution in [3.05, 3.63) is 52.8 Å². The second-order valence-electron chi connectivity index (χ2n) is 6.57. The molecule has 2 aliphatic rings. The SMILES string of the molecule is Cc1ncc(C(=O)NC2NC(c3ccco3)=C(C(=O)C3CCOCC3)S2)cn1. The van der Waals surface area contributed by atoms with E-state index in [2.05, 4.69) is 20.6 Å². The highest BCUT2D eigenvalue weighted by Gasteiger charge is 2.35. The molecule has 0 bridgehead atoms. The zero-order valence-electron chi connectivity index (χ0n) is 15.3. The molecule has 8 nitrogen and oxygen atoms in total. The first kappa shape index (κ1) is 18.7. The quantitative estimate of drug-likeness (QED) is 0.786.